The Morgan fingerprint density at radius 1 is 1.50 bits per heavy atom. The van der Waals surface area contributed by atoms with Gasteiger partial charge in [-0.2, -0.15) is 5.10 Å². The smallest absolute Gasteiger partial charge is 0.274 e. The van der Waals surface area contributed by atoms with Crippen molar-refractivity contribution in [3.63, 3.8) is 0 Å². The van der Waals surface area contributed by atoms with E-state index in [0.29, 0.717) is 24.0 Å². The number of carbonyl (C=O) groups is 1. The van der Waals surface area contributed by atoms with Crippen LogP contribution in [0.5, 0.6) is 0 Å². The Labute approximate surface area is 108 Å². The monoisotopic (exact) mass is 250 g/mol. The molecular formula is C13H22N4O. The van der Waals surface area contributed by atoms with Crippen LogP contribution in [0.2, 0.25) is 0 Å². The highest BCUT2D eigenvalue weighted by atomic mass is 16.2. The molecule has 1 aliphatic rings. The van der Waals surface area contributed by atoms with Crippen LogP contribution in [0, 0.1) is 0 Å². The van der Waals surface area contributed by atoms with Gasteiger partial charge in [0.1, 0.15) is 5.69 Å². The number of nitrogens with two attached hydrogens (primary N) is 1. The van der Waals surface area contributed by atoms with E-state index in [1.165, 1.54) is 12.8 Å². The Hall–Kier alpha value is -1.52. The Morgan fingerprint density at radius 3 is 3.00 bits per heavy atom. The normalized spacial score (nSPS) is 20.8. The number of likely N-dealkylation sites (tertiary alicyclic amines) is 1. The zero-order valence-corrected chi connectivity index (χ0v) is 11.2. The van der Waals surface area contributed by atoms with Gasteiger partial charge in [-0.05, 0) is 26.7 Å². The van der Waals surface area contributed by atoms with Crippen LogP contribution in [-0.2, 0) is 6.54 Å². The van der Waals surface area contributed by atoms with Crippen LogP contribution >= 0.6 is 0 Å². The molecular weight excluding hydrogens is 228 g/mol. The van der Waals surface area contributed by atoms with Gasteiger partial charge in [0.2, 0.25) is 0 Å². The van der Waals surface area contributed by atoms with Crippen LogP contribution in [0.4, 0.5) is 5.69 Å². The highest BCUT2D eigenvalue weighted by Crippen LogP contribution is 2.21. The van der Waals surface area contributed by atoms with Gasteiger partial charge in [-0.1, -0.05) is 12.8 Å². The number of carbonyl (C=O) groups excluding carboxylic acids is 1. The van der Waals surface area contributed by atoms with Crippen molar-refractivity contribution in [1.29, 1.82) is 0 Å². The molecule has 0 aromatic carbocycles. The predicted octanol–water partition coefficient (Wildman–Crippen LogP) is 1.89. The summed E-state index contributed by atoms with van der Waals surface area (Å²) < 4.78 is 1.69. The SMILES string of the molecule is CCn1ncc(N)c1C(=O)N1CCCCCC1C. The minimum atomic E-state index is 0.0289. The molecule has 100 valence electrons. The van der Waals surface area contributed by atoms with E-state index in [1.807, 2.05) is 11.8 Å². The van der Waals surface area contributed by atoms with Crippen LogP contribution in [0.25, 0.3) is 0 Å². The number of aryl methyl sites for hydroxylation is 1. The Bertz CT molecular complexity index is 427. The molecule has 1 aromatic heterocycles. The fraction of sp³-hybridized carbons (Fsp3) is 0.692. The zero-order chi connectivity index (χ0) is 13.1. The summed E-state index contributed by atoms with van der Waals surface area (Å²) in [6, 6.07) is 0.291. The minimum absolute atomic E-state index is 0.0289. The maximum absolute atomic E-state index is 12.6. The number of amides is 1. The Kier molecular flexibility index (Phi) is 3.89. The average molecular weight is 250 g/mol. The zero-order valence-electron chi connectivity index (χ0n) is 11.2. The van der Waals surface area contributed by atoms with Crippen LogP contribution < -0.4 is 5.73 Å². The maximum atomic E-state index is 12.6. The van der Waals surface area contributed by atoms with E-state index in [2.05, 4.69) is 12.0 Å². The lowest BCUT2D eigenvalue weighted by atomic mass is 10.1. The number of rotatable bonds is 2. The Balaban J connectivity index is 2.26. The van der Waals surface area contributed by atoms with Crippen molar-refractivity contribution < 1.29 is 4.79 Å². The first kappa shape index (κ1) is 12.9. The van der Waals surface area contributed by atoms with Crippen molar-refractivity contribution in [3.8, 4) is 0 Å². The molecule has 1 amide bonds. The van der Waals surface area contributed by atoms with Crippen LogP contribution in [0.3, 0.4) is 0 Å². The van der Waals surface area contributed by atoms with E-state index in [9.17, 15) is 4.79 Å². The van der Waals surface area contributed by atoms with Crippen molar-refractivity contribution in [2.24, 2.45) is 0 Å². The Morgan fingerprint density at radius 2 is 2.28 bits per heavy atom. The summed E-state index contributed by atoms with van der Waals surface area (Å²) in [6.07, 6.45) is 6.13. The lowest BCUT2D eigenvalue weighted by molar-refractivity contribution is 0.0686. The summed E-state index contributed by atoms with van der Waals surface area (Å²) in [6.45, 7) is 5.58. The van der Waals surface area contributed by atoms with E-state index in [4.69, 9.17) is 5.73 Å². The van der Waals surface area contributed by atoms with Crippen molar-refractivity contribution >= 4 is 11.6 Å². The molecule has 0 radical (unpaired) electrons. The second-order valence-electron chi connectivity index (χ2n) is 4.96. The largest absolute Gasteiger partial charge is 0.396 e. The fourth-order valence-corrected chi connectivity index (χ4v) is 2.59. The topological polar surface area (TPSA) is 64.2 Å². The summed E-state index contributed by atoms with van der Waals surface area (Å²) in [5.74, 6) is 0.0289. The molecule has 0 spiro atoms. The van der Waals surface area contributed by atoms with Gasteiger partial charge in [0, 0.05) is 19.1 Å². The molecule has 1 fully saturated rings. The molecule has 1 atom stereocenters. The van der Waals surface area contributed by atoms with Crippen LogP contribution in [0.15, 0.2) is 6.20 Å². The van der Waals surface area contributed by atoms with Gasteiger partial charge in [0.05, 0.1) is 11.9 Å². The summed E-state index contributed by atoms with van der Waals surface area (Å²) >= 11 is 0. The van der Waals surface area contributed by atoms with Gasteiger partial charge in [0.25, 0.3) is 5.91 Å². The van der Waals surface area contributed by atoms with Crippen molar-refractivity contribution in [2.75, 3.05) is 12.3 Å². The molecule has 0 aliphatic carbocycles. The number of hydrogen-bond donors (Lipinski definition) is 1. The third kappa shape index (κ3) is 2.35. The summed E-state index contributed by atoms with van der Waals surface area (Å²) in [5.41, 5.74) is 6.91. The molecule has 1 unspecified atom stereocenters. The molecule has 0 bridgehead atoms. The summed E-state index contributed by atoms with van der Waals surface area (Å²) in [4.78, 5) is 14.6. The van der Waals surface area contributed by atoms with E-state index >= 15 is 0 Å². The van der Waals surface area contributed by atoms with Gasteiger partial charge >= 0.3 is 0 Å². The van der Waals surface area contributed by atoms with Gasteiger partial charge in [-0.3, -0.25) is 9.48 Å². The van der Waals surface area contributed by atoms with Gasteiger partial charge < -0.3 is 10.6 Å². The first-order valence-corrected chi connectivity index (χ1v) is 6.77. The summed E-state index contributed by atoms with van der Waals surface area (Å²) in [7, 11) is 0. The molecule has 2 heterocycles. The summed E-state index contributed by atoms with van der Waals surface area (Å²) in [5, 5.41) is 4.14. The molecule has 1 aromatic rings. The standard InChI is InChI=1S/C13H22N4O/c1-3-17-12(11(14)9-15-17)13(18)16-8-6-4-5-7-10(16)2/h9-10H,3-8,14H2,1-2H3. The van der Waals surface area contributed by atoms with Crippen molar-refractivity contribution in [2.45, 2.75) is 52.1 Å². The van der Waals surface area contributed by atoms with Crippen molar-refractivity contribution in [1.82, 2.24) is 14.7 Å². The molecule has 0 saturated carbocycles. The van der Waals surface area contributed by atoms with E-state index in [1.54, 1.807) is 10.9 Å². The maximum Gasteiger partial charge on any atom is 0.274 e. The predicted molar refractivity (Wildman–Crippen MR) is 71.3 cm³/mol. The fourth-order valence-electron chi connectivity index (χ4n) is 2.59. The lowest BCUT2D eigenvalue weighted by Crippen LogP contribution is -2.39. The number of aromatic nitrogens is 2. The molecule has 2 rings (SSSR count). The first-order valence-electron chi connectivity index (χ1n) is 6.77. The molecule has 5 heteroatoms. The van der Waals surface area contributed by atoms with E-state index in [0.717, 1.165) is 19.4 Å². The number of anilines is 1. The minimum Gasteiger partial charge on any atom is -0.396 e. The number of nitrogens with zero attached hydrogens (tertiary/aromatic N) is 3. The second-order valence-corrected chi connectivity index (χ2v) is 4.96. The molecule has 1 aliphatic heterocycles. The highest BCUT2D eigenvalue weighted by Gasteiger charge is 2.27. The number of nitrogen functional groups attached to an aromatic ring is 1. The van der Waals surface area contributed by atoms with Gasteiger partial charge in [0.15, 0.2) is 0 Å². The van der Waals surface area contributed by atoms with E-state index in [-0.39, 0.29) is 5.91 Å². The van der Waals surface area contributed by atoms with Gasteiger partial charge in [-0.25, -0.2) is 0 Å². The van der Waals surface area contributed by atoms with Gasteiger partial charge in [-0.15, -0.1) is 0 Å². The first-order chi connectivity index (χ1) is 8.65. The third-order valence-corrected chi connectivity index (χ3v) is 3.68. The lowest BCUT2D eigenvalue weighted by Gasteiger charge is -2.27. The highest BCUT2D eigenvalue weighted by molar-refractivity contribution is 5.97. The molecule has 1 saturated heterocycles. The average Bonchev–Trinajstić information content (AvgIpc) is 2.59. The van der Waals surface area contributed by atoms with Crippen LogP contribution in [-0.4, -0.2) is 33.2 Å². The molecule has 2 N–H and O–H groups in total. The second kappa shape index (κ2) is 5.42. The number of hydrogen-bond acceptors (Lipinski definition) is 3. The molecule has 18 heavy (non-hydrogen) atoms. The molecule has 5 nitrogen and oxygen atoms in total. The van der Waals surface area contributed by atoms with Crippen molar-refractivity contribution in [3.05, 3.63) is 11.9 Å². The van der Waals surface area contributed by atoms with Crippen LogP contribution in [0.1, 0.15) is 50.0 Å². The van der Waals surface area contributed by atoms with E-state index < -0.39 is 0 Å². The quantitative estimate of drug-likeness (QED) is 0.871. The third-order valence-electron chi connectivity index (χ3n) is 3.68.